The van der Waals surface area contributed by atoms with Gasteiger partial charge in [0.25, 0.3) is 0 Å². The normalized spacial score (nSPS) is 9.93. The van der Waals surface area contributed by atoms with Crippen LogP contribution < -0.4 is 10.5 Å². The number of benzene rings is 1. The highest BCUT2D eigenvalue weighted by Gasteiger charge is 2.14. The second-order valence-corrected chi connectivity index (χ2v) is 3.18. The van der Waals surface area contributed by atoms with Crippen LogP contribution >= 0.6 is 11.6 Å². The molecule has 0 radical (unpaired) electrons. The van der Waals surface area contributed by atoms with E-state index in [4.69, 9.17) is 22.1 Å². The number of Topliss-reactive ketones (excluding diaryl/α,β-unsaturated/α-hetero) is 1. The maximum absolute atomic E-state index is 11.5. The number of anilines is 1. The number of hydrogen-bond acceptors (Lipinski definition) is 3. The highest BCUT2D eigenvalue weighted by molar-refractivity contribution is 6.31. The van der Waals surface area contributed by atoms with Crippen LogP contribution in [0, 0.1) is 6.92 Å². The van der Waals surface area contributed by atoms with Crippen LogP contribution in [0.1, 0.15) is 15.9 Å². The van der Waals surface area contributed by atoms with Crippen LogP contribution in [-0.4, -0.2) is 18.8 Å². The van der Waals surface area contributed by atoms with E-state index in [0.717, 1.165) is 5.56 Å². The molecule has 0 unspecified atom stereocenters. The first kappa shape index (κ1) is 10.9. The van der Waals surface area contributed by atoms with E-state index in [1.54, 1.807) is 26.2 Å². The lowest BCUT2D eigenvalue weighted by Gasteiger charge is -2.10. The first-order chi connectivity index (χ1) is 6.61. The zero-order valence-corrected chi connectivity index (χ0v) is 8.89. The maximum Gasteiger partial charge on any atom is 0.180 e. The molecule has 3 nitrogen and oxygen atoms in total. The van der Waals surface area contributed by atoms with Crippen molar-refractivity contribution in [2.75, 3.05) is 18.7 Å². The average Bonchev–Trinajstić information content (AvgIpc) is 2.18. The molecular formula is C10H12ClNO2. The summed E-state index contributed by atoms with van der Waals surface area (Å²) in [6.45, 7) is 1.79. The molecule has 0 aliphatic rings. The van der Waals surface area contributed by atoms with Gasteiger partial charge in [0.1, 0.15) is 5.75 Å². The topological polar surface area (TPSA) is 52.3 Å². The monoisotopic (exact) mass is 213 g/mol. The maximum atomic E-state index is 11.5. The van der Waals surface area contributed by atoms with Crippen molar-refractivity contribution in [1.29, 1.82) is 0 Å². The number of halogens is 1. The fourth-order valence-corrected chi connectivity index (χ4v) is 1.51. The van der Waals surface area contributed by atoms with E-state index < -0.39 is 0 Å². The molecule has 1 rings (SSSR count). The van der Waals surface area contributed by atoms with E-state index >= 15 is 0 Å². The molecule has 4 heteroatoms. The van der Waals surface area contributed by atoms with Gasteiger partial charge < -0.3 is 10.5 Å². The number of nitrogen functional groups attached to an aromatic ring is 1. The minimum Gasteiger partial charge on any atom is -0.496 e. The standard InChI is InChI=1S/C10H12ClNO2/c1-6-9(14-2)4-3-7(12)10(6)8(13)5-11/h3-4H,5,12H2,1-2H3. The van der Waals surface area contributed by atoms with Gasteiger partial charge >= 0.3 is 0 Å². The van der Waals surface area contributed by atoms with Gasteiger partial charge in [0.05, 0.1) is 13.0 Å². The van der Waals surface area contributed by atoms with Crippen molar-refractivity contribution in [3.63, 3.8) is 0 Å². The van der Waals surface area contributed by atoms with Crippen LogP contribution in [0.25, 0.3) is 0 Å². The summed E-state index contributed by atoms with van der Waals surface area (Å²) in [4.78, 5) is 11.5. The SMILES string of the molecule is COc1ccc(N)c(C(=O)CCl)c1C. The highest BCUT2D eigenvalue weighted by atomic mass is 35.5. The summed E-state index contributed by atoms with van der Waals surface area (Å²) in [5, 5.41) is 0. The Kier molecular flexibility index (Phi) is 3.36. The van der Waals surface area contributed by atoms with Crippen LogP contribution in [0.3, 0.4) is 0 Å². The smallest absolute Gasteiger partial charge is 0.180 e. The summed E-state index contributed by atoms with van der Waals surface area (Å²) in [6.07, 6.45) is 0. The molecule has 0 saturated heterocycles. The van der Waals surface area contributed by atoms with E-state index in [1.165, 1.54) is 0 Å². The van der Waals surface area contributed by atoms with Gasteiger partial charge in [-0.05, 0) is 19.1 Å². The van der Waals surface area contributed by atoms with Gasteiger partial charge in [-0.2, -0.15) is 0 Å². The van der Waals surface area contributed by atoms with Gasteiger partial charge in [-0.25, -0.2) is 0 Å². The van der Waals surface area contributed by atoms with Crippen molar-refractivity contribution >= 4 is 23.1 Å². The van der Waals surface area contributed by atoms with E-state index in [0.29, 0.717) is 17.0 Å². The Bertz CT molecular complexity index is 363. The van der Waals surface area contributed by atoms with Gasteiger partial charge in [-0.3, -0.25) is 4.79 Å². The second kappa shape index (κ2) is 4.33. The lowest BCUT2D eigenvalue weighted by Crippen LogP contribution is -2.08. The molecule has 0 heterocycles. The van der Waals surface area contributed by atoms with Crippen molar-refractivity contribution in [1.82, 2.24) is 0 Å². The molecule has 14 heavy (non-hydrogen) atoms. The molecule has 2 N–H and O–H groups in total. The molecule has 0 bridgehead atoms. The summed E-state index contributed by atoms with van der Waals surface area (Å²) in [6, 6.07) is 3.38. The molecule has 1 aromatic rings. The zero-order chi connectivity index (χ0) is 10.7. The predicted octanol–water partition coefficient (Wildman–Crippen LogP) is 2.01. The quantitative estimate of drug-likeness (QED) is 0.475. The fourth-order valence-electron chi connectivity index (χ4n) is 1.37. The third kappa shape index (κ3) is 1.82. The van der Waals surface area contributed by atoms with Crippen LogP contribution in [0.15, 0.2) is 12.1 Å². The Labute approximate surface area is 87.8 Å². The number of ketones is 1. The fraction of sp³-hybridized carbons (Fsp3) is 0.300. The van der Waals surface area contributed by atoms with E-state index in [-0.39, 0.29) is 11.7 Å². The van der Waals surface area contributed by atoms with Gasteiger partial charge in [0.2, 0.25) is 0 Å². The highest BCUT2D eigenvalue weighted by Crippen LogP contribution is 2.26. The third-order valence-electron chi connectivity index (χ3n) is 2.07. The van der Waals surface area contributed by atoms with E-state index in [9.17, 15) is 4.79 Å². The summed E-state index contributed by atoms with van der Waals surface area (Å²) in [5.41, 5.74) is 7.32. The molecule has 0 aliphatic heterocycles. The third-order valence-corrected chi connectivity index (χ3v) is 2.31. The molecule has 0 aliphatic carbocycles. The lowest BCUT2D eigenvalue weighted by molar-refractivity contribution is 0.102. The average molecular weight is 214 g/mol. The van der Waals surface area contributed by atoms with Crippen molar-refractivity contribution < 1.29 is 9.53 Å². The number of alkyl halides is 1. The van der Waals surface area contributed by atoms with Crippen LogP contribution in [0.4, 0.5) is 5.69 Å². The van der Waals surface area contributed by atoms with Crippen LogP contribution in [0.2, 0.25) is 0 Å². The van der Waals surface area contributed by atoms with Gasteiger partial charge in [-0.15, -0.1) is 11.6 Å². The Morgan fingerprint density at radius 2 is 2.21 bits per heavy atom. The summed E-state index contributed by atoms with van der Waals surface area (Å²) in [5.74, 6) is 0.395. The molecule has 0 fully saturated rings. The largest absolute Gasteiger partial charge is 0.496 e. The number of nitrogens with two attached hydrogens (primary N) is 1. The molecule has 1 aromatic carbocycles. The summed E-state index contributed by atoms with van der Waals surface area (Å²) in [7, 11) is 1.55. The molecular weight excluding hydrogens is 202 g/mol. The number of hydrogen-bond donors (Lipinski definition) is 1. The second-order valence-electron chi connectivity index (χ2n) is 2.91. The Hall–Kier alpha value is -1.22. The molecule has 0 amide bonds. The first-order valence-electron chi connectivity index (χ1n) is 4.14. The number of methoxy groups -OCH3 is 1. The van der Waals surface area contributed by atoms with Crippen LogP contribution in [0.5, 0.6) is 5.75 Å². The predicted molar refractivity (Wildman–Crippen MR) is 57.2 cm³/mol. The summed E-state index contributed by atoms with van der Waals surface area (Å²) >= 11 is 5.48. The molecule has 0 spiro atoms. The van der Waals surface area contributed by atoms with Crippen LogP contribution in [-0.2, 0) is 0 Å². The minimum atomic E-state index is -0.180. The van der Waals surface area contributed by atoms with Crippen molar-refractivity contribution in [3.8, 4) is 5.75 Å². The number of rotatable bonds is 3. The van der Waals surface area contributed by atoms with Gasteiger partial charge in [-0.1, -0.05) is 0 Å². The van der Waals surface area contributed by atoms with Crippen molar-refractivity contribution in [2.24, 2.45) is 0 Å². The van der Waals surface area contributed by atoms with Gasteiger partial charge in [0.15, 0.2) is 5.78 Å². The van der Waals surface area contributed by atoms with Gasteiger partial charge in [0, 0.05) is 16.8 Å². The summed E-state index contributed by atoms with van der Waals surface area (Å²) < 4.78 is 5.08. The van der Waals surface area contributed by atoms with Crippen molar-refractivity contribution in [2.45, 2.75) is 6.92 Å². The van der Waals surface area contributed by atoms with Crippen molar-refractivity contribution in [3.05, 3.63) is 23.3 Å². The molecule has 0 saturated carbocycles. The van der Waals surface area contributed by atoms with E-state index in [2.05, 4.69) is 0 Å². The lowest BCUT2D eigenvalue weighted by atomic mass is 10.0. The minimum absolute atomic E-state index is 0.0712. The number of ether oxygens (including phenoxy) is 1. The Morgan fingerprint density at radius 1 is 1.57 bits per heavy atom. The Balaban J connectivity index is 3.32. The molecule has 76 valence electrons. The first-order valence-corrected chi connectivity index (χ1v) is 4.67. The number of carbonyl (C=O) groups excluding carboxylic acids is 1. The Morgan fingerprint density at radius 3 is 2.71 bits per heavy atom. The molecule has 0 aromatic heterocycles. The number of carbonyl (C=O) groups is 1. The molecule has 0 atom stereocenters. The van der Waals surface area contributed by atoms with E-state index in [1.807, 2.05) is 0 Å². The zero-order valence-electron chi connectivity index (χ0n) is 8.13.